The molecular formula is C9H9ClN4O4. The number of hydrogen-bond donors (Lipinski definition) is 1. The number of aromatic amines is 1. The van der Waals surface area contributed by atoms with Crippen molar-refractivity contribution < 1.29 is 19.1 Å². The van der Waals surface area contributed by atoms with Gasteiger partial charge in [0.05, 0.1) is 7.11 Å². The summed E-state index contributed by atoms with van der Waals surface area (Å²) in [6, 6.07) is 0. The highest BCUT2D eigenvalue weighted by molar-refractivity contribution is 6.45. The average Bonchev–Trinajstić information content (AvgIpc) is 2.94. The van der Waals surface area contributed by atoms with E-state index in [1.54, 1.807) is 6.92 Å². The molecule has 0 spiro atoms. The first kappa shape index (κ1) is 12.4. The number of methoxy groups -OCH3 is 1. The molecule has 9 heteroatoms. The Morgan fingerprint density at radius 3 is 2.89 bits per heavy atom. The van der Waals surface area contributed by atoms with Crippen LogP contribution >= 0.6 is 11.6 Å². The summed E-state index contributed by atoms with van der Waals surface area (Å²) in [5.74, 6) is -0.399. The van der Waals surface area contributed by atoms with Gasteiger partial charge in [0.25, 0.3) is 5.91 Å². The topological polar surface area (TPSA) is 97.4 Å². The minimum atomic E-state index is -0.995. The Kier molecular flexibility index (Phi) is 3.19. The van der Waals surface area contributed by atoms with Gasteiger partial charge in [-0.05, 0) is 6.92 Å². The third-order valence-electron chi connectivity index (χ3n) is 2.36. The second-order valence-corrected chi connectivity index (χ2v) is 3.78. The highest BCUT2D eigenvalue weighted by Gasteiger charge is 2.41. The maximum atomic E-state index is 11.9. The number of nitrogens with one attached hydrogen (secondary N) is 1. The number of carbonyl (C=O) groups excluding carboxylic acids is 2. The fraction of sp³-hybridized carbons (Fsp3) is 0.333. The number of anilines is 1. The molecule has 96 valence electrons. The predicted molar refractivity (Wildman–Crippen MR) is 59.7 cm³/mol. The summed E-state index contributed by atoms with van der Waals surface area (Å²) >= 11 is 5.84. The summed E-state index contributed by atoms with van der Waals surface area (Å²) in [6.45, 7) is 1.57. The molecule has 0 saturated heterocycles. The van der Waals surface area contributed by atoms with E-state index in [0.29, 0.717) is 5.57 Å². The fourth-order valence-electron chi connectivity index (χ4n) is 1.49. The SMILES string of the molecule is COC(=O)OC1C(C)=C(Cl)C(=O)N1c1ncn[nH]1. The molecule has 1 aromatic heterocycles. The molecule has 8 nitrogen and oxygen atoms in total. The van der Waals surface area contributed by atoms with Crippen LogP contribution in [0, 0.1) is 0 Å². The average molecular weight is 273 g/mol. The Hall–Kier alpha value is -2.09. The van der Waals surface area contributed by atoms with Gasteiger partial charge in [0.15, 0.2) is 0 Å². The first-order valence-corrected chi connectivity index (χ1v) is 5.24. The van der Waals surface area contributed by atoms with E-state index in [-0.39, 0.29) is 11.0 Å². The van der Waals surface area contributed by atoms with E-state index in [4.69, 9.17) is 16.3 Å². The Bertz CT molecular complexity index is 513. The van der Waals surface area contributed by atoms with Crippen LogP contribution in [0.3, 0.4) is 0 Å². The number of rotatable bonds is 2. The summed E-state index contributed by atoms with van der Waals surface area (Å²) in [4.78, 5) is 28.0. The lowest BCUT2D eigenvalue weighted by molar-refractivity contribution is -0.115. The molecule has 1 aliphatic rings. The zero-order valence-electron chi connectivity index (χ0n) is 9.51. The van der Waals surface area contributed by atoms with E-state index in [9.17, 15) is 9.59 Å². The van der Waals surface area contributed by atoms with Crippen LogP contribution in [0.2, 0.25) is 0 Å². The lowest BCUT2D eigenvalue weighted by Gasteiger charge is -2.22. The van der Waals surface area contributed by atoms with E-state index >= 15 is 0 Å². The molecule has 2 rings (SSSR count). The van der Waals surface area contributed by atoms with E-state index < -0.39 is 18.3 Å². The van der Waals surface area contributed by atoms with E-state index in [2.05, 4.69) is 19.9 Å². The van der Waals surface area contributed by atoms with E-state index in [0.717, 1.165) is 4.90 Å². The first-order chi connectivity index (χ1) is 8.56. The lowest BCUT2D eigenvalue weighted by atomic mass is 10.3. The summed E-state index contributed by atoms with van der Waals surface area (Å²) in [5, 5.41) is 6.09. The maximum absolute atomic E-state index is 11.9. The molecule has 1 atom stereocenters. The molecule has 18 heavy (non-hydrogen) atoms. The molecule has 0 bridgehead atoms. The van der Waals surface area contributed by atoms with Crippen LogP contribution < -0.4 is 4.90 Å². The van der Waals surface area contributed by atoms with Gasteiger partial charge in [-0.3, -0.25) is 4.79 Å². The van der Waals surface area contributed by atoms with Gasteiger partial charge in [0.2, 0.25) is 12.2 Å². The number of halogens is 1. The Morgan fingerprint density at radius 1 is 1.61 bits per heavy atom. The van der Waals surface area contributed by atoms with Crippen LogP contribution in [-0.4, -0.2) is 40.6 Å². The Morgan fingerprint density at radius 2 is 2.33 bits per heavy atom. The zero-order valence-corrected chi connectivity index (χ0v) is 10.3. The third-order valence-corrected chi connectivity index (χ3v) is 2.82. The monoisotopic (exact) mass is 272 g/mol. The maximum Gasteiger partial charge on any atom is 0.510 e. The summed E-state index contributed by atoms with van der Waals surface area (Å²) in [6.07, 6.45) is -0.701. The molecule has 2 heterocycles. The van der Waals surface area contributed by atoms with Crippen molar-refractivity contribution in [2.45, 2.75) is 13.2 Å². The zero-order chi connectivity index (χ0) is 13.3. The minimum absolute atomic E-state index is 0.0275. The van der Waals surface area contributed by atoms with Crippen LogP contribution in [0.1, 0.15) is 6.92 Å². The molecule has 0 saturated carbocycles. The smallest absolute Gasteiger partial charge is 0.438 e. The summed E-state index contributed by atoms with van der Waals surface area (Å²) in [7, 11) is 1.17. The van der Waals surface area contributed by atoms with Crippen LogP contribution in [0.25, 0.3) is 0 Å². The molecule has 1 amide bonds. The standard InChI is InChI=1S/C9H9ClN4O4/c1-4-5(10)6(15)14(8-11-3-12-13-8)7(4)18-9(16)17-2/h3,7H,1-2H3,(H,11,12,13). The van der Waals surface area contributed by atoms with Gasteiger partial charge < -0.3 is 9.47 Å². The molecular weight excluding hydrogens is 264 g/mol. The van der Waals surface area contributed by atoms with Crippen molar-refractivity contribution in [3.8, 4) is 0 Å². The van der Waals surface area contributed by atoms with Crippen LogP contribution in [0.5, 0.6) is 0 Å². The fourth-order valence-corrected chi connectivity index (χ4v) is 1.67. The van der Waals surface area contributed by atoms with E-state index in [1.807, 2.05) is 0 Å². The van der Waals surface area contributed by atoms with Crippen molar-refractivity contribution in [3.05, 3.63) is 16.9 Å². The van der Waals surface area contributed by atoms with Gasteiger partial charge in [-0.2, -0.15) is 10.1 Å². The Balaban J connectivity index is 2.33. The second kappa shape index (κ2) is 4.65. The number of hydrogen-bond acceptors (Lipinski definition) is 6. The number of carbonyl (C=O) groups is 2. The first-order valence-electron chi connectivity index (χ1n) is 4.86. The number of aromatic nitrogens is 3. The number of H-pyrrole nitrogens is 1. The molecule has 0 radical (unpaired) electrons. The summed E-state index contributed by atoms with van der Waals surface area (Å²) < 4.78 is 9.35. The van der Waals surface area contributed by atoms with Gasteiger partial charge >= 0.3 is 6.16 Å². The molecule has 1 unspecified atom stereocenters. The normalized spacial score (nSPS) is 19.4. The molecule has 1 aromatic rings. The van der Waals surface area contributed by atoms with Crippen molar-refractivity contribution in [1.29, 1.82) is 0 Å². The lowest BCUT2D eigenvalue weighted by Crippen LogP contribution is -2.39. The highest BCUT2D eigenvalue weighted by atomic mass is 35.5. The Labute approximate surface area is 107 Å². The molecule has 0 fully saturated rings. The molecule has 1 N–H and O–H groups in total. The van der Waals surface area contributed by atoms with E-state index in [1.165, 1.54) is 13.4 Å². The number of ether oxygens (including phenoxy) is 2. The van der Waals surface area contributed by atoms with Gasteiger partial charge in [0, 0.05) is 5.57 Å². The predicted octanol–water partition coefficient (Wildman–Crippen LogP) is 0.773. The number of amides is 1. The molecule has 0 aromatic carbocycles. The van der Waals surface area contributed by atoms with Gasteiger partial charge in [-0.25, -0.2) is 14.8 Å². The summed E-state index contributed by atoms with van der Waals surface area (Å²) in [5.41, 5.74) is 0.392. The minimum Gasteiger partial charge on any atom is -0.438 e. The van der Waals surface area contributed by atoms with Crippen LogP contribution in [0.4, 0.5) is 10.7 Å². The second-order valence-electron chi connectivity index (χ2n) is 3.41. The van der Waals surface area contributed by atoms with Crippen molar-refractivity contribution in [2.24, 2.45) is 0 Å². The molecule has 1 aliphatic heterocycles. The third kappa shape index (κ3) is 1.90. The highest BCUT2D eigenvalue weighted by Crippen LogP contribution is 2.31. The van der Waals surface area contributed by atoms with Crippen molar-refractivity contribution in [2.75, 3.05) is 12.0 Å². The van der Waals surface area contributed by atoms with Crippen molar-refractivity contribution in [3.63, 3.8) is 0 Å². The number of nitrogens with zero attached hydrogens (tertiary/aromatic N) is 3. The van der Waals surface area contributed by atoms with Gasteiger partial charge in [-0.15, -0.1) is 0 Å². The van der Waals surface area contributed by atoms with Crippen molar-refractivity contribution in [1.82, 2.24) is 15.2 Å². The van der Waals surface area contributed by atoms with Crippen LogP contribution in [0.15, 0.2) is 16.9 Å². The molecule has 0 aliphatic carbocycles. The van der Waals surface area contributed by atoms with Gasteiger partial charge in [0.1, 0.15) is 11.4 Å². The van der Waals surface area contributed by atoms with Crippen molar-refractivity contribution >= 4 is 29.6 Å². The largest absolute Gasteiger partial charge is 0.510 e. The van der Waals surface area contributed by atoms with Gasteiger partial charge in [-0.1, -0.05) is 11.6 Å². The quantitative estimate of drug-likeness (QED) is 0.799. The van der Waals surface area contributed by atoms with Crippen LogP contribution in [-0.2, 0) is 14.3 Å².